The molecule has 1 N–H and O–H groups in total. The Hall–Kier alpha value is -3.50. The molecule has 6 bridgehead atoms. The van der Waals surface area contributed by atoms with Gasteiger partial charge in [0, 0.05) is 24.7 Å². The fraction of sp³-hybridized carbons (Fsp3) is 0.433. The molecule has 2 aromatic carbocycles. The molecule has 1 amide bonds. The molecule has 3 heterocycles. The molecule has 9 nitrogen and oxygen atoms in total. The molecule has 212 valence electrons. The van der Waals surface area contributed by atoms with Gasteiger partial charge in [0.05, 0.1) is 23.7 Å². The van der Waals surface area contributed by atoms with Gasteiger partial charge < -0.3 is 9.64 Å². The Morgan fingerprint density at radius 2 is 1.73 bits per heavy atom. The van der Waals surface area contributed by atoms with E-state index < -0.39 is 10.0 Å². The van der Waals surface area contributed by atoms with Gasteiger partial charge in [-0.1, -0.05) is 51.1 Å². The highest BCUT2D eigenvalue weighted by atomic mass is 32.2. The van der Waals surface area contributed by atoms with Crippen LogP contribution in [0.3, 0.4) is 0 Å². The summed E-state index contributed by atoms with van der Waals surface area (Å²) in [4.78, 5) is 26.5. The topological polar surface area (TPSA) is 105 Å². The molecule has 10 heteroatoms. The number of hydrogen-bond acceptors (Lipinski definition) is 7. The third-order valence-corrected chi connectivity index (χ3v) is 8.64. The number of nitrogens with zero attached hydrogens (tertiary/aromatic N) is 4. The molecule has 1 atom stereocenters. The Kier molecular flexibility index (Phi) is 7.58. The molecule has 0 spiro atoms. The van der Waals surface area contributed by atoms with Gasteiger partial charge in [-0.05, 0) is 61.1 Å². The molecule has 2 aliphatic rings. The molecule has 0 unspecified atom stereocenters. The monoisotopic (exact) mass is 563 g/mol. The number of benzene rings is 2. The second-order valence-electron chi connectivity index (χ2n) is 12.0. The van der Waals surface area contributed by atoms with Gasteiger partial charge in [0.1, 0.15) is 6.10 Å². The highest BCUT2D eigenvalue weighted by molar-refractivity contribution is 7.92. The van der Waals surface area contributed by atoms with Crippen LogP contribution in [-0.4, -0.2) is 66.4 Å². The predicted molar refractivity (Wildman–Crippen MR) is 155 cm³/mol. The Morgan fingerprint density at radius 3 is 2.45 bits per heavy atom. The average molecular weight is 564 g/mol. The summed E-state index contributed by atoms with van der Waals surface area (Å²) in [5.74, 6) is 0.179. The van der Waals surface area contributed by atoms with Crippen molar-refractivity contribution in [2.45, 2.75) is 58.6 Å². The largest absolute Gasteiger partial charge is 0.471 e. The number of aryl methyl sites for hydroxylation is 2. The van der Waals surface area contributed by atoms with Gasteiger partial charge >= 0.3 is 0 Å². The number of anilines is 1. The second kappa shape index (κ2) is 10.8. The average Bonchev–Trinajstić information content (AvgIpc) is 2.99. The molecule has 3 aromatic rings. The third-order valence-electron chi connectivity index (χ3n) is 7.31. The van der Waals surface area contributed by atoms with E-state index in [4.69, 9.17) is 4.74 Å². The van der Waals surface area contributed by atoms with Gasteiger partial charge in [-0.2, -0.15) is 4.98 Å². The van der Waals surface area contributed by atoms with Crippen LogP contribution in [0, 0.1) is 19.3 Å². The molecule has 1 fully saturated rings. The normalized spacial score (nSPS) is 19.4. The van der Waals surface area contributed by atoms with Crippen LogP contribution in [0.25, 0.3) is 11.3 Å². The second-order valence-corrected chi connectivity index (χ2v) is 13.7. The van der Waals surface area contributed by atoms with E-state index in [2.05, 4.69) is 40.4 Å². The molecule has 0 saturated carbocycles. The number of carbonyl (C=O) groups excluding carboxylic acids is 1. The quantitative estimate of drug-likeness (QED) is 0.504. The number of rotatable bonds is 3. The molecule has 0 aliphatic carbocycles. The van der Waals surface area contributed by atoms with E-state index in [1.807, 2.05) is 38.1 Å². The summed E-state index contributed by atoms with van der Waals surface area (Å²) < 4.78 is 35.8. The Labute approximate surface area is 236 Å². The SMILES string of the molecule is Cc1cccc(C)c1-c1cc2nc(n1)NS(=O)(=O)c1cccc(c1)CN1C[C@@H](CN(CCC(C)(C)C)CC1=O)O2. The molecule has 2 aliphatic heterocycles. The maximum absolute atomic E-state index is 13.4. The minimum Gasteiger partial charge on any atom is -0.471 e. The number of hydrogen-bond donors (Lipinski definition) is 1. The maximum atomic E-state index is 13.4. The van der Waals surface area contributed by atoms with Gasteiger partial charge in [-0.3, -0.25) is 9.69 Å². The number of ether oxygens (including phenoxy) is 1. The van der Waals surface area contributed by atoms with Crippen LogP contribution in [0.15, 0.2) is 53.4 Å². The number of nitrogens with one attached hydrogen (secondary N) is 1. The number of carbonyl (C=O) groups is 1. The van der Waals surface area contributed by atoms with Crippen molar-refractivity contribution in [3.8, 4) is 17.1 Å². The van der Waals surface area contributed by atoms with Crippen LogP contribution in [0.4, 0.5) is 5.95 Å². The van der Waals surface area contributed by atoms with Crippen molar-refractivity contribution in [2.24, 2.45) is 5.41 Å². The zero-order chi connectivity index (χ0) is 28.7. The number of amides is 1. The predicted octanol–water partition coefficient (Wildman–Crippen LogP) is 4.40. The van der Waals surface area contributed by atoms with Crippen molar-refractivity contribution in [3.63, 3.8) is 0 Å². The Bertz CT molecular complexity index is 1510. The number of fused-ring (bicyclic) bond motifs is 6. The van der Waals surface area contributed by atoms with E-state index in [0.29, 0.717) is 18.8 Å². The Balaban J connectivity index is 1.61. The minimum atomic E-state index is -3.99. The van der Waals surface area contributed by atoms with Crippen LogP contribution in [0.5, 0.6) is 5.88 Å². The summed E-state index contributed by atoms with van der Waals surface area (Å²) in [6.45, 7) is 12.8. The van der Waals surface area contributed by atoms with Crippen molar-refractivity contribution >= 4 is 21.9 Å². The van der Waals surface area contributed by atoms with Crippen molar-refractivity contribution in [1.29, 1.82) is 0 Å². The van der Waals surface area contributed by atoms with Gasteiger partial charge in [0.25, 0.3) is 10.0 Å². The highest BCUT2D eigenvalue weighted by Gasteiger charge is 2.31. The van der Waals surface area contributed by atoms with E-state index in [9.17, 15) is 13.2 Å². The first-order valence-corrected chi connectivity index (χ1v) is 15.1. The molecule has 5 rings (SSSR count). The third kappa shape index (κ3) is 6.45. The van der Waals surface area contributed by atoms with E-state index >= 15 is 0 Å². The lowest BCUT2D eigenvalue weighted by Crippen LogP contribution is -2.39. The van der Waals surface area contributed by atoms with E-state index in [1.165, 1.54) is 6.07 Å². The maximum Gasteiger partial charge on any atom is 0.264 e. The minimum absolute atomic E-state index is 0.0131. The van der Waals surface area contributed by atoms with Gasteiger partial charge in [-0.25, -0.2) is 18.1 Å². The summed E-state index contributed by atoms with van der Waals surface area (Å²) in [7, 11) is -3.99. The molecule has 0 radical (unpaired) electrons. The van der Waals surface area contributed by atoms with Crippen LogP contribution in [0.2, 0.25) is 0 Å². The smallest absolute Gasteiger partial charge is 0.264 e. The lowest BCUT2D eigenvalue weighted by molar-refractivity contribution is -0.132. The molecule has 40 heavy (non-hydrogen) atoms. The van der Waals surface area contributed by atoms with E-state index in [0.717, 1.165) is 35.2 Å². The summed E-state index contributed by atoms with van der Waals surface area (Å²) in [6.07, 6.45) is 0.561. The summed E-state index contributed by atoms with van der Waals surface area (Å²) in [5, 5.41) is 0. The highest BCUT2D eigenvalue weighted by Crippen LogP contribution is 2.30. The fourth-order valence-corrected chi connectivity index (χ4v) is 6.21. The Morgan fingerprint density at radius 1 is 1.00 bits per heavy atom. The standard InChI is InChI=1S/C30H37N5O4S/c1-20-8-6-9-21(2)28(20)25-15-26-32-29(31-25)33-40(37,38)24-11-7-10-22(14-24)16-35-18-23(39-26)17-34(19-27(35)36)13-12-30(3,4)5/h6-11,14-15,23H,12-13,16-19H2,1-5H3,(H,31,32,33)/t23-/m1/s1. The van der Waals surface area contributed by atoms with Gasteiger partial charge in [0.2, 0.25) is 17.7 Å². The van der Waals surface area contributed by atoms with Crippen molar-refractivity contribution < 1.29 is 17.9 Å². The summed E-state index contributed by atoms with van der Waals surface area (Å²) in [6, 6.07) is 14.4. The molecular weight excluding hydrogens is 526 g/mol. The first-order chi connectivity index (χ1) is 18.9. The van der Waals surface area contributed by atoms with Crippen molar-refractivity contribution in [1.82, 2.24) is 19.8 Å². The van der Waals surface area contributed by atoms with Crippen LogP contribution < -0.4 is 9.46 Å². The van der Waals surface area contributed by atoms with Crippen molar-refractivity contribution in [2.75, 3.05) is 30.9 Å². The summed E-state index contributed by atoms with van der Waals surface area (Å²) >= 11 is 0. The molecule has 1 saturated heterocycles. The lowest BCUT2D eigenvalue weighted by Gasteiger charge is -2.27. The van der Waals surface area contributed by atoms with Crippen LogP contribution in [-0.2, 0) is 21.4 Å². The van der Waals surface area contributed by atoms with Crippen LogP contribution >= 0.6 is 0 Å². The first-order valence-electron chi connectivity index (χ1n) is 13.6. The zero-order valence-electron chi connectivity index (χ0n) is 23.8. The van der Waals surface area contributed by atoms with Crippen LogP contribution in [0.1, 0.15) is 43.9 Å². The fourth-order valence-electron chi connectivity index (χ4n) is 5.20. The van der Waals surface area contributed by atoms with E-state index in [1.54, 1.807) is 23.1 Å². The molecule has 1 aromatic heterocycles. The zero-order valence-corrected chi connectivity index (χ0v) is 24.6. The van der Waals surface area contributed by atoms with Gasteiger partial charge in [-0.15, -0.1) is 0 Å². The summed E-state index contributed by atoms with van der Waals surface area (Å²) in [5.41, 5.74) is 4.31. The van der Waals surface area contributed by atoms with Gasteiger partial charge in [0.15, 0.2) is 0 Å². The number of aromatic nitrogens is 2. The van der Waals surface area contributed by atoms with Crippen molar-refractivity contribution in [3.05, 3.63) is 65.2 Å². The number of sulfonamides is 1. The first kappa shape index (κ1) is 28.0. The van der Waals surface area contributed by atoms with E-state index in [-0.39, 0.29) is 47.2 Å². The lowest BCUT2D eigenvalue weighted by atomic mass is 9.92. The molecular formula is C30H37N5O4S.